The molecule has 3 heterocycles. The summed E-state index contributed by atoms with van der Waals surface area (Å²) in [5.74, 6) is 0.636. The van der Waals surface area contributed by atoms with Crippen molar-refractivity contribution in [2.75, 3.05) is 19.0 Å². The Morgan fingerprint density at radius 1 is 1.10 bits per heavy atom. The predicted octanol–water partition coefficient (Wildman–Crippen LogP) is 4.02. The number of ketones is 1. The van der Waals surface area contributed by atoms with Gasteiger partial charge >= 0.3 is 0 Å². The zero-order valence-corrected chi connectivity index (χ0v) is 21.6. The number of H-pyrrole nitrogens is 1. The van der Waals surface area contributed by atoms with Gasteiger partial charge in [0.15, 0.2) is 11.5 Å². The molecule has 0 spiro atoms. The van der Waals surface area contributed by atoms with Crippen LogP contribution in [0, 0.1) is 0 Å². The number of imidazole rings is 1. The molecule has 0 radical (unpaired) electrons. The third kappa shape index (κ3) is 5.52. The highest BCUT2D eigenvalue weighted by molar-refractivity contribution is 6.04. The highest BCUT2D eigenvalue weighted by Crippen LogP contribution is 2.26. The lowest BCUT2D eigenvalue weighted by Gasteiger charge is -2.29. The van der Waals surface area contributed by atoms with E-state index >= 15 is 0 Å². The number of methoxy groups -OCH3 is 1. The van der Waals surface area contributed by atoms with Crippen molar-refractivity contribution in [2.24, 2.45) is 0 Å². The van der Waals surface area contributed by atoms with E-state index in [0.29, 0.717) is 47.9 Å². The number of fused-ring (bicyclic) bond motifs is 1. The predicted molar refractivity (Wildman–Crippen MR) is 147 cm³/mol. The molecule has 1 aliphatic rings. The number of hydrogen-bond donors (Lipinski definition) is 2. The lowest BCUT2D eigenvalue weighted by Crippen LogP contribution is -2.39. The number of rotatable bonds is 9. The van der Waals surface area contributed by atoms with Crippen molar-refractivity contribution < 1.29 is 19.1 Å². The number of anilines is 1. The van der Waals surface area contributed by atoms with E-state index in [4.69, 9.17) is 9.72 Å². The number of benzene rings is 2. The first-order valence-electron chi connectivity index (χ1n) is 12.6. The first-order valence-corrected chi connectivity index (χ1v) is 12.6. The molecule has 0 aliphatic carbocycles. The maximum absolute atomic E-state index is 13.6. The maximum atomic E-state index is 13.6. The zero-order chi connectivity index (χ0) is 27.4. The summed E-state index contributed by atoms with van der Waals surface area (Å²) in [7, 11) is 1.53. The lowest BCUT2D eigenvalue weighted by molar-refractivity contribution is -0.114. The van der Waals surface area contributed by atoms with Crippen LogP contribution in [0.15, 0.2) is 79.5 Å². The fraction of sp³-hybridized carbons (Fsp3) is 0.200. The highest BCUT2D eigenvalue weighted by atomic mass is 16.5. The minimum atomic E-state index is -0.390. The van der Waals surface area contributed by atoms with Crippen LogP contribution >= 0.6 is 0 Å². The second kappa shape index (κ2) is 11.2. The standard InChI is InChI=1S/C30H29N5O4/c1-3-23(36)18-21-17-22(11-12-26(21)39-2)32-29(37)28-25-19-34(30(38)24-10-7-13-31-24)14-15-35(25)27(33-28)16-20-8-5-4-6-9-20/h3-13,17,31H,1,14-16,18-19H2,2H3,(H,32,37). The van der Waals surface area contributed by atoms with Crippen molar-refractivity contribution in [3.05, 3.63) is 114 Å². The van der Waals surface area contributed by atoms with Crippen LogP contribution in [-0.4, -0.2) is 50.7 Å². The van der Waals surface area contributed by atoms with Gasteiger partial charge in [0.2, 0.25) is 0 Å². The Balaban J connectivity index is 1.46. The molecule has 9 heteroatoms. The van der Waals surface area contributed by atoms with Crippen molar-refractivity contribution in [1.82, 2.24) is 19.4 Å². The van der Waals surface area contributed by atoms with Gasteiger partial charge in [0, 0.05) is 43.4 Å². The van der Waals surface area contributed by atoms with Gasteiger partial charge < -0.3 is 24.5 Å². The third-order valence-corrected chi connectivity index (χ3v) is 6.75. The summed E-state index contributed by atoms with van der Waals surface area (Å²) in [6.45, 7) is 4.82. The highest BCUT2D eigenvalue weighted by Gasteiger charge is 2.30. The molecule has 0 atom stereocenters. The number of ether oxygens (including phenoxy) is 1. The summed E-state index contributed by atoms with van der Waals surface area (Å²) in [5, 5.41) is 2.92. The molecule has 198 valence electrons. The average Bonchev–Trinajstić information content (AvgIpc) is 3.62. The van der Waals surface area contributed by atoms with E-state index < -0.39 is 5.91 Å². The molecule has 9 nitrogen and oxygen atoms in total. The number of amides is 2. The summed E-state index contributed by atoms with van der Waals surface area (Å²) in [6.07, 6.45) is 3.63. The fourth-order valence-electron chi connectivity index (χ4n) is 4.79. The minimum Gasteiger partial charge on any atom is -0.496 e. The van der Waals surface area contributed by atoms with Gasteiger partial charge in [-0.25, -0.2) is 4.98 Å². The number of hydrogen-bond acceptors (Lipinski definition) is 5. The first-order chi connectivity index (χ1) is 19.0. The van der Waals surface area contributed by atoms with Gasteiger partial charge in [-0.2, -0.15) is 0 Å². The van der Waals surface area contributed by atoms with Crippen molar-refractivity contribution in [2.45, 2.75) is 25.9 Å². The maximum Gasteiger partial charge on any atom is 0.276 e. The smallest absolute Gasteiger partial charge is 0.276 e. The second-order valence-electron chi connectivity index (χ2n) is 9.28. The van der Waals surface area contributed by atoms with E-state index in [1.807, 2.05) is 34.9 Å². The Bertz CT molecular complexity index is 1520. The number of aromatic amines is 1. The van der Waals surface area contributed by atoms with Crippen LogP contribution < -0.4 is 10.1 Å². The van der Waals surface area contributed by atoms with E-state index in [2.05, 4.69) is 16.9 Å². The summed E-state index contributed by atoms with van der Waals surface area (Å²) >= 11 is 0. The van der Waals surface area contributed by atoms with Crippen molar-refractivity contribution in [3.63, 3.8) is 0 Å². The zero-order valence-electron chi connectivity index (χ0n) is 21.6. The van der Waals surface area contributed by atoms with Crippen molar-refractivity contribution in [1.29, 1.82) is 0 Å². The average molecular weight is 524 g/mol. The minimum absolute atomic E-state index is 0.104. The lowest BCUT2D eigenvalue weighted by atomic mass is 10.1. The molecule has 0 fully saturated rings. The number of nitrogens with one attached hydrogen (secondary N) is 2. The number of aromatic nitrogens is 3. The number of allylic oxidation sites excluding steroid dienone is 1. The Hall–Kier alpha value is -4.92. The topological polar surface area (TPSA) is 109 Å². The molecule has 0 bridgehead atoms. The molecule has 0 saturated heterocycles. The second-order valence-corrected chi connectivity index (χ2v) is 9.28. The SMILES string of the molecule is C=CC(=O)Cc1cc(NC(=O)c2nc(Cc3ccccc3)n3c2CN(C(=O)c2ccc[nH]2)CC3)ccc1OC. The van der Waals surface area contributed by atoms with Gasteiger partial charge in [0.05, 0.1) is 19.3 Å². The summed E-state index contributed by atoms with van der Waals surface area (Å²) in [5.41, 5.74) is 3.67. The van der Waals surface area contributed by atoms with Gasteiger partial charge in [-0.15, -0.1) is 0 Å². The quantitative estimate of drug-likeness (QED) is 0.322. The number of carbonyl (C=O) groups excluding carboxylic acids is 3. The van der Waals surface area contributed by atoms with Crippen LogP contribution in [-0.2, 0) is 30.7 Å². The van der Waals surface area contributed by atoms with E-state index in [-0.39, 0.29) is 30.3 Å². The molecule has 2 aromatic carbocycles. The Morgan fingerprint density at radius 3 is 2.64 bits per heavy atom. The summed E-state index contributed by atoms with van der Waals surface area (Å²) in [6, 6.07) is 18.6. The largest absolute Gasteiger partial charge is 0.496 e. The Morgan fingerprint density at radius 2 is 1.92 bits per heavy atom. The van der Waals surface area contributed by atoms with E-state index in [1.54, 1.807) is 41.4 Å². The Labute approximate surface area is 226 Å². The van der Waals surface area contributed by atoms with Crippen LogP contribution in [0.1, 0.15) is 43.6 Å². The molecule has 1 aliphatic heterocycles. The Kier molecular flexibility index (Phi) is 7.40. The van der Waals surface area contributed by atoms with E-state index in [1.165, 1.54) is 13.2 Å². The van der Waals surface area contributed by atoms with Gasteiger partial charge in [-0.05, 0) is 42.0 Å². The number of carbonyl (C=O) groups is 3. The van der Waals surface area contributed by atoms with Crippen LogP contribution in [0.5, 0.6) is 5.75 Å². The molecule has 5 rings (SSSR count). The first kappa shape index (κ1) is 25.7. The van der Waals surface area contributed by atoms with Gasteiger partial charge in [0.1, 0.15) is 17.3 Å². The molecular formula is C30H29N5O4. The molecular weight excluding hydrogens is 494 g/mol. The monoisotopic (exact) mass is 523 g/mol. The van der Waals surface area contributed by atoms with Gasteiger partial charge in [0.25, 0.3) is 11.8 Å². The molecule has 39 heavy (non-hydrogen) atoms. The van der Waals surface area contributed by atoms with Crippen LogP contribution in [0.3, 0.4) is 0 Å². The molecule has 2 N–H and O–H groups in total. The molecule has 0 saturated carbocycles. The van der Waals surface area contributed by atoms with Crippen molar-refractivity contribution >= 4 is 23.3 Å². The summed E-state index contributed by atoms with van der Waals surface area (Å²) < 4.78 is 7.42. The van der Waals surface area contributed by atoms with Gasteiger partial charge in [-0.3, -0.25) is 14.4 Å². The van der Waals surface area contributed by atoms with Crippen LogP contribution in [0.2, 0.25) is 0 Å². The normalized spacial score (nSPS) is 12.5. The van der Waals surface area contributed by atoms with Crippen molar-refractivity contribution in [3.8, 4) is 5.75 Å². The van der Waals surface area contributed by atoms with Gasteiger partial charge in [-0.1, -0.05) is 36.9 Å². The molecule has 4 aromatic rings. The van der Waals surface area contributed by atoms with E-state index in [0.717, 1.165) is 11.4 Å². The third-order valence-electron chi connectivity index (χ3n) is 6.75. The van der Waals surface area contributed by atoms with Crippen LogP contribution in [0.25, 0.3) is 0 Å². The molecule has 2 amide bonds. The van der Waals surface area contributed by atoms with E-state index in [9.17, 15) is 14.4 Å². The summed E-state index contributed by atoms with van der Waals surface area (Å²) in [4.78, 5) is 48.1. The van der Waals surface area contributed by atoms with Crippen LogP contribution in [0.4, 0.5) is 5.69 Å². The fourth-order valence-corrected chi connectivity index (χ4v) is 4.79. The number of nitrogens with zero attached hydrogens (tertiary/aromatic N) is 3. The molecule has 2 aromatic heterocycles. The molecule has 0 unspecified atom stereocenters.